The number of hydrogen-bond donors (Lipinski definition) is 0. The van der Waals surface area contributed by atoms with E-state index >= 15 is 0 Å². The fourth-order valence-electron chi connectivity index (χ4n) is 6.84. The standard InChI is InChI=1S/2C20H46NO3Si.C2H5O.ClH/c2*1-7-8-9-10-11-12-13-14-15-16-18-21(2,3)19-17-20-25(22-4,23-5)24-6;1-2-3;/h2*7-20H2,1-6H3;2H2,1H3;1H/q2*+1;-1;/p-1. The van der Waals surface area contributed by atoms with E-state index in [1.807, 2.05) is 0 Å². The minimum absolute atomic E-state index is 0. The van der Waals surface area contributed by atoms with Crippen LogP contribution in [0.2, 0.25) is 12.1 Å². The molecule has 0 aliphatic heterocycles. The van der Waals surface area contributed by atoms with E-state index in [1.165, 1.54) is 142 Å². The van der Waals surface area contributed by atoms with Gasteiger partial charge >= 0.3 is 17.6 Å². The predicted octanol–water partition coefficient (Wildman–Crippen LogP) is 6.87. The van der Waals surface area contributed by atoms with Crippen molar-refractivity contribution in [2.75, 3.05) is 104 Å². The SMILES string of the molecule is CCCCCCCCCCCC[N+](C)(C)CCC[Si](OC)(OC)OC.CCCCCCCCCCCC[N+](C)(C)CCC[Si](OC)(OC)OC.CC[O-].[Cl-]. The normalized spacial score (nSPS) is 12.1. The van der Waals surface area contributed by atoms with Crippen LogP contribution in [0.5, 0.6) is 0 Å². The minimum atomic E-state index is -2.39. The minimum Gasteiger partial charge on any atom is -1.00 e. The second-order valence-corrected chi connectivity index (χ2v) is 22.4. The Morgan fingerprint density at radius 1 is 0.352 bits per heavy atom. The Balaban J connectivity index is -0.000000424. The van der Waals surface area contributed by atoms with Crippen molar-refractivity contribution in [1.82, 2.24) is 0 Å². The first-order valence-electron chi connectivity index (χ1n) is 21.8. The van der Waals surface area contributed by atoms with Crippen LogP contribution in [0.25, 0.3) is 0 Å². The number of halogens is 1. The molecule has 0 bridgehead atoms. The molecule has 54 heavy (non-hydrogen) atoms. The van der Waals surface area contributed by atoms with Crippen molar-refractivity contribution in [3.63, 3.8) is 0 Å². The average molecular weight is 834 g/mol. The summed E-state index contributed by atoms with van der Waals surface area (Å²) in [6.45, 7) is 11.0. The zero-order valence-electron chi connectivity index (χ0n) is 38.6. The molecule has 0 fully saturated rings. The van der Waals surface area contributed by atoms with Gasteiger partial charge in [0.2, 0.25) is 0 Å². The number of quaternary nitrogens is 2. The summed E-state index contributed by atoms with van der Waals surface area (Å²) >= 11 is 0. The summed E-state index contributed by atoms with van der Waals surface area (Å²) in [4.78, 5) is 0. The molecule has 0 amide bonds. The van der Waals surface area contributed by atoms with E-state index in [0.29, 0.717) is 0 Å². The summed E-state index contributed by atoms with van der Waals surface area (Å²) in [6, 6.07) is 1.80. The van der Waals surface area contributed by atoms with Crippen molar-refractivity contribution in [2.45, 2.75) is 174 Å². The van der Waals surface area contributed by atoms with Gasteiger partial charge in [0.25, 0.3) is 0 Å². The van der Waals surface area contributed by atoms with Crippen molar-refractivity contribution < 1.29 is 53.0 Å². The van der Waals surface area contributed by atoms with Crippen LogP contribution >= 0.6 is 0 Å². The lowest BCUT2D eigenvalue weighted by atomic mass is 10.1. The molecule has 332 valence electrons. The van der Waals surface area contributed by atoms with Crippen molar-refractivity contribution in [1.29, 1.82) is 0 Å². The van der Waals surface area contributed by atoms with Gasteiger partial charge in [0, 0.05) is 67.6 Å². The van der Waals surface area contributed by atoms with Gasteiger partial charge in [-0.25, -0.2) is 0 Å². The number of nitrogens with zero attached hydrogens (tertiary/aromatic N) is 2. The maximum Gasteiger partial charge on any atom is 0.500 e. The van der Waals surface area contributed by atoms with E-state index in [0.717, 1.165) is 47.0 Å². The summed E-state index contributed by atoms with van der Waals surface area (Å²) < 4.78 is 35.2. The lowest BCUT2D eigenvalue weighted by Crippen LogP contribution is -3.00. The monoisotopic (exact) mass is 833 g/mol. The molecule has 0 unspecified atom stereocenters. The summed E-state index contributed by atoms with van der Waals surface area (Å²) in [7, 11) is 14.7. The van der Waals surface area contributed by atoms with Gasteiger partial charge in [0.05, 0.1) is 54.4 Å². The second-order valence-electron chi connectivity index (χ2n) is 16.2. The largest absolute Gasteiger partial charge is 1.00 e. The molecule has 0 saturated carbocycles. The zero-order chi connectivity index (χ0) is 40.7. The van der Waals surface area contributed by atoms with Crippen molar-refractivity contribution in [2.24, 2.45) is 0 Å². The number of hydrogen-bond acceptors (Lipinski definition) is 7. The molecule has 0 N–H and O–H groups in total. The van der Waals surface area contributed by atoms with E-state index < -0.39 is 17.6 Å². The van der Waals surface area contributed by atoms with Gasteiger partial charge in [-0.15, -0.1) is 6.61 Å². The average Bonchev–Trinajstić information content (AvgIpc) is 3.14. The zero-order valence-corrected chi connectivity index (χ0v) is 41.4. The lowest BCUT2D eigenvalue weighted by molar-refractivity contribution is -0.890. The highest BCUT2D eigenvalue weighted by Gasteiger charge is 2.38. The lowest BCUT2D eigenvalue weighted by Gasteiger charge is -2.31. The molecular weight excluding hydrogens is 736 g/mol. The Bertz CT molecular complexity index is 660. The maximum absolute atomic E-state index is 8.93. The topological polar surface area (TPSA) is 78.4 Å². The van der Waals surface area contributed by atoms with Gasteiger partial charge in [-0.2, -0.15) is 0 Å². The Hall–Kier alpha value is 0.364. The fraction of sp³-hybridized carbons (Fsp3) is 1.00. The van der Waals surface area contributed by atoms with Crippen LogP contribution in [-0.4, -0.2) is 130 Å². The molecule has 0 rings (SSSR count). The van der Waals surface area contributed by atoms with E-state index in [-0.39, 0.29) is 19.0 Å². The Labute approximate surface area is 347 Å². The highest BCUT2D eigenvalue weighted by Crippen LogP contribution is 2.19. The van der Waals surface area contributed by atoms with Crippen LogP contribution in [0.4, 0.5) is 0 Å². The van der Waals surface area contributed by atoms with Gasteiger partial charge in [-0.3, -0.25) is 0 Å². The van der Waals surface area contributed by atoms with Crippen molar-refractivity contribution in [3.8, 4) is 0 Å². The third kappa shape index (κ3) is 37.9. The number of unbranched alkanes of at least 4 members (excludes halogenated alkanes) is 18. The molecule has 0 heterocycles. The first-order chi connectivity index (χ1) is 25.3. The maximum atomic E-state index is 8.93. The molecule has 0 aromatic heterocycles. The van der Waals surface area contributed by atoms with Gasteiger partial charge in [0.1, 0.15) is 0 Å². The van der Waals surface area contributed by atoms with Crippen LogP contribution in [0.3, 0.4) is 0 Å². The predicted molar refractivity (Wildman–Crippen MR) is 230 cm³/mol. The molecule has 0 atom stereocenters. The van der Waals surface area contributed by atoms with E-state index in [1.54, 1.807) is 49.6 Å². The molecule has 0 spiro atoms. The second kappa shape index (κ2) is 41.5. The van der Waals surface area contributed by atoms with Gasteiger partial charge in [0.15, 0.2) is 0 Å². The summed E-state index contributed by atoms with van der Waals surface area (Å²) in [5, 5.41) is 8.93. The van der Waals surface area contributed by atoms with E-state index in [2.05, 4.69) is 42.0 Å². The van der Waals surface area contributed by atoms with E-state index in [9.17, 15) is 0 Å². The molecule has 0 aliphatic rings. The van der Waals surface area contributed by atoms with Crippen LogP contribution in [0, 0.1) is 0 Å². The molecule has 0 radical (unpaired) electrons. The fourth-order valence-corrected chi connectivity index (χ4v) is 10.2. The van der Waals surface area contributed by atoms with Gasteiger partial charge in [-0.1, -0.05) is 124 Å². The van der Waals surface area contributed by atoms with Gasteiger partial charge in [-0.05, 0) is 25.7 Å². The number of rotatable bonds is 36. The smallest absolute Gasteiger partial charge is 0.500 e. The van der Waals surface area contributed by atoms with Gasteiger partial charge < -0.3 is 53.0 Å². The van der Waals surface area contributed by atoms with Crippen LogP contribution in [0.15, 0.2) is 0 Å². The molecule has 0 saturated heterocycles. The van der Waals surface area contributed by atoms with Crippen LogP contribution in [-0.2, 0) is 26.6 Å². The summed E-state index contributed by atoms with van der Waals surface area (Å²) in [5.41, 5.74) is 0. The summed E-state index contributed by atoms with van der Waals surface area (Å²) in [5.74, 6) is 0. The van der Waals surface area contributed by atoms with Crippen LogP contribution in [0.1, 0.15) is 162 Å². The summed E-state index contributed by atoms with van der Waals surface area (Å²) in [6.07, 6.45) is 30.2. The first-order valence-corrected chi connectivity index (χ1v) is 25.7. The Morgan fingerprint density at radius 2 is 0.537 bits per heavy atom. The first kappa shape index (κ1) is 61.0. The highest BCUT2D eigenvalue weighted by atomic mass is 35.5. The molecule has 12 heteroatoms. The van der Waals surface area contributed by atoms with E-state index in [4.69, 9.17) is 31.7 Å². The highest BCUT2D eigenvalue weighted by molar-refractivity contribution is 6.60. The molecule has 9 nitrogen and oxygen atoms in total. The van der Waals surface area contributed by atoms with Crippen LogP contribution < -0.4 is 17.5 Å². The van der Waals surface area contributed by atoms with Crippen molar-refractivity contribution in [3.05, 3.63) is 0 Å². The Kier molecular flexibility index (Phi) is 46.9. The molecular formula is C42H97ClN2O7Si2. The quantitative estimate of drug-likeness (QED) is 0.0388. The third-order valence-electron chi connectivity index (χ3n) is 10.6. The molecule has 0 aliphatic carbocycles. The molecule has 0 aromatic rings. The Morgan fingerprint density at radius 3 is 0.741 bits per heavy atom. The third-order valence-corrected chi connectivity index (χ3v) is 16.3. The molecule has 0 aromatic carbocycles. The van der Waals surface area contributed by atoms with Crippen molar-refractivity contribution >= 4 is 17.6 Å².